The van der Waals surface area contributed by atoms with Crippen LogP contribution in [0.25, 0.3) is 0 Å². The molecule has 0 aliphatic heterocycles. The zero-order chi connectivity index (χ0) is 18.6. The smallest absolute Gasteiger partial charge is 0.271 e. The van der Waals surface area contributed by atoms with Gasteiger partial charge in [0.15, 0.2) is 0 Å². The number of aryl methyl sites for hydroxylation is 1. The summed E-state index contributed by atoms with van der Waals surface area (Å²) in [5.41, 5.74) is 1.94. The minimum Gasteiger partial charge on any atom is -0.350 e. The van der Waals surface area contributed by atoms with Crippen LogP contribution in [0.15, 0.2) is 66.1 Å². The van der Waals surface area contributed by atoms with Crippen LogP contribution in [0.3, 0.4) is 0 Å². The molecule has 1 aromatic carbocycles. The average Bonchev–Trinajstić information content (AvgIpc) is 3.18. The second kappa shape index (κ2) is 7.49. The molecule has 0 aliphatic carbocycles. The van der Waals surface area contributed by atoms with Gasteiger partial charge < -0.3 is 5.32 Å². The fraction of sp³-hybridized carbons (Fsp3) is 0.167. The molecule has 0 atom stereocenters. The van der Waals surface area contributed by atoms with Gasteiger partial charge in [0.05, 0.1) is 16.8 Å². The number of nitrogens with one attached hydrogen (secondary N) is 1. The summed E-state index contributed by atoms with van der Waals surface area (Å²) in [6.45, 7) is 2.22. The molecular weight excluding hydrogens is 352 g/mol. The Morgan fingerprint density at radius 3 is 2.38 bits per heavy atom. The van der Waals surface area contributed by atoms with E-state index in [-0.39, 0.29) is 16.5 Å². The molecule has 0 aliphatic rings. The summed E-state index contributed by atoms with van der Waals surface area (Å²) >= 11 is 0. The Hall–Kier alpha value is -3.00. The molecule has 2 heterocycles. The van der Waals surface area contributed by atoms with Crippen LogP contribution >= 0.6 is 0 Å². The maximum atomic E-state index is 12.4. The summed E-state index contributed by atoms with van der Waals surface area (Å²) in [6, 6.07) is 9.94. The summed E-state index contributed by atoms with van der Waals surface area (Å²) in [4.78, 5) is 20.2. The van der Waals surface area contributed by atoms with E-state index >= 15 is 0 Å². The van der Waals surface area contributed by atoms with Crippen LogP contribution in [-0.2, 0) is 16.4 Å². The monoisotopic (exact) mass is 370 g/mol. The quantitative estimate of drug-likeness (QED) is 0.714. The lowest BCUT2D eigenvalue weighted by Crippen LogP contribution is -2.26. The molecule has 134 valence electrons. The van der Waals surface area contributed by atoms with Gasteiger partial charge in [-0.05, 0) is 43.2 Å². The van der Waals surface area contributed by atoms with E-state index in [0.717, 1.165) is 11.3 Å². The number of hydrogen-bond acceptors (Lipinski definition) is 5. The molecule has 0 unspecified atom stereocenters. The third-order valence-corrected chi connectivity index (χ3v) is 5.46. The van der Waals surface area contributed by atoms with E-state index in [4.69, 9.17) is 0 Å². The van der Waals surface area contributed by atoms with Crippen molar-refractivity contribution in [3.8, 4) is 0 Å². The highest BCUT2D eigenvalue weighted by Gasteiger charge is 2.15. The van der Waals surface area contributed by atoms with Gasteiger partial charge in [-0.15, -0.1) is 0 Å². The Morgan fingerprint density at radius 2 is 1.77 bits per heavy atom. The van der Waals surface area contributed by atoms with Crippen LogP contribution in [-0.4, -0.2) is 34.8 Å². The van der Waals surface area contributed by atoms with Crippen molar-refractivity contribution in [2.45, 2.75) is 18.2 Å². The van der Waals surface area contributed by atoms with Crippen LogP contribution in [0.5, 0.6) is 0 Å². The first-order valence-electron chi connectivity index (χ1n) is 8.01. The fourth-order valence-corrected chi connectivity index (χ4v) is 3.53. The van der Waals surface area contributed by atoms with Crippen molar-refractivity contribution < 1.29 is 13.2 Å². The minimum absolute atomic E-state index is 0.219. The van der Waals surface area contributed by atoms with Crippen LogP contribution in [0.2, 0.25) is 0 Å². The lowest BCUT2D eigenvalue weighted by atomic mass is 10.1. The molecule has 3 aromatic rings. The maximum Gasteiger partial charge on any atom is 0.271 e. The summed E-state index contributed by atoms with van der Waals surface area (Å²) in [5, 5.41) is 2.77. The first kappa shape index (κ1) is 17.8. The number of hydrogen-bond donors (Lipinski definition) is 1. The number of amides is 1. The van der Waals surface area contributed by atoms with E-state index in [2.05, 4.69) is 15.3 Å². The summed E-state index contributed by atoms with van der Waals surface area (Å²) in [7, 11) is -3.55. The summed E-state index contributed by atoms with van der Waals surface area (Å²) in [5.74, 6) is -0.288. The van der Waals surface area contributed by atoms with Crippen molar-refractivity contribution in [2.24, 2.45) is 0 Å². The first-order chi connectivity index (χ1) is 12.5. The van der Waals surface area contributed by atoms with Crippen LogP contribution < -0.4 is 5.32 Å². The van der Waals surface area contributed by atoms with E-state index in [1.54, 1.807) is 49.5 Å². The van der Waals surface area contributed by atoms with Crippen LogP contribution in [0.1, 0.15) is 21.7 Å². The number of benzene rings is 1. The molecule has 1 amide bonds. The molecule has 26 heavy (non-hydrogen) atoms. The van der Waals surface area contributed by atoms with Gasteiger partial charge in [-0.3, -0.25) is 9.78 Å². The Morgan fingerprint density at radius 1 is 1.08 bits per heavy atom. The molecule has 7 nitrogen and oxygen atoms in total. The molecule has 0 spiro atoms. The van der Waals surface area contributed by atoms with Crippen LogP contribution in [0.4, 0.5) is 0 Å². The van der Waals surface area contributed by atoms with Gasteiger partial charge >= 0.3 is 0 Å². The highest BCUT2D eigenvalue weighted by atomic mass is 32.2. The van der Waals surface area contributed by atoms with Crippen molar-refractivity contribution in [1.82, 2.24) is 19.3 Å². The predicted molar refractivity (Wildman–Crippen MR) is 96.3 cm³/mol. The average molecular weight is 370 g/mol. The van der Waals surface area contributed by atoms with E-state index in [1.165, 1.54) is 22.6 Å². The van der Waals surface area contributed by atoms with Gasteiger partial charge in [0.1, 0.15) is 5.69 Å². The second-order valence-electron chi connectivity index (χ2n) is 5.71. The molecular formula is C18H18N4O3S. The summed E-state index contributed by atoms with van der Waals surface area (Å²) in [6.07, 6.45) is 6.54. The molecule has 8 heteroatoms. The Kier molecular flexibility index (Phi) is 5.13. The van der Waals surface area contributed by atoms with Crippen molar-refractivity contribution >= 4 is 15.9 Å². The van der Waals surface area contributed by atoms with Crippen molar-refractivity contribution in [2.75, 3.05) is 6.54 Å². The second-order valence-corrected chi connectivity index (χ2v) is 7.55. The van der Waals surface area contributed by atoms with E-state index in [1.807, 2.05) is 0 Å². The minimum atomic E-state index is -3.55. The van der Waals surface area contributed by atoms with Gasteiger partial charge in [-0.1, -0.05) is 12.1 Å². The van der Waals surface area contributed by atoms with Crippen LogP contribution in [0, 0.1) is 6.92 Å². The number of carbonyl (C=O) groups is 1. The van der Waals surface area contributed by atoms with Crippen molar-refractivity contribution in [3.63, 3.8) is 0 Å². The molecule has 0 bridgehead atoms. The van der Waals surface area contributed by atoms with E-state index in [9.17, 15) is 13.2 Å². The zero-order valence-corrected chi connectivity index (χ0v) is 15.0. The lowest BCUT2D eigenvalue weighted by Gasteiger charge is -2.08. The molecule has 0 saturated carbocycles. The molecule has 0 fully saturated rings. The predicted octanol–water partition coefficient (Wildman–Crippen LogP) is 1.80. The maximum absolute atomic E-state index is 12.4. The Bertz CT molecular complexity index is 980. The number of nitrogens with zero attached hydrogens (tertiary/aromatic N) is 3. The van der Waals surface area contributed by atoms with Crippen molar-refractivity contribution in [1.29, 1.82) is 0 Å². The SMILES string of the molecule is Cc1cnc(C(=O)NCCc2ccc(S(=O)(=O)n3cccc3)cc2)cn1. The third-order valence-electron chi connectivity index (χ3n) is 3.79. The van der Waals surface area contributed by atoms with Gasteiger partial charge in [0.2, 0.25) is 0 Å². The largest absolute Gasteiger partial charge is 0.350 e. The van der Waals surface area contributed by atoms with Gasteiger partial charge in [-0.2, -0.15) is 0 Å². The number of carbonyl (C=O) groups excluding carboxylic acids is 1. The standard InChI is InChI=1S/C18H18N4O3S/c1-14-12-21-17(13-20-14)18(23)19-9-8-15-4-6-16(7-5-15)26(24,25)22-10-2-3-11-22/h2-7,10-13H,8-9H2,1H3,(H,19,23). The van der Waals surface area contributed by atoms with Gasteiger partial charge in [-0.25, -0.2) is 17.4 Å². The van der Waals surface area contributed by atoms with Crippen molar-refractivity contribution in [3.05, 3.63) is 78.1 Å². The topological polar surface area (TPSA) is 94.0 Å². The van der Waals surface area contributed by atoms with Gasteiger partial charge in [0, 0.05) is 25.1 Å². The lowest BCUT2D eigenvalue weighted by molar-refractivity contribution is 0.0948. The first-order valence-corrected chi connectivity index (χ1v) is 9.45. The Balaban J connectivity index is 1.58. The Labute approximate surface area is 151 Å². The van der Waals surface area contributed by atoms with E-state index < -0.39 is 10.0 Å². The molecule has 2 aromatic heterocycles. The zero-order valence-electron chi connectivity index (χ0n) is 14.2. The van der Waals surface area contributed by atoms with Gasteiger partial charge in [0.25, 0.3) is 15.9 Å². The third kappa shape index (κ3) is 3.97. The highest BCUT2D eigenvalue weighted by molar-refractivity contribution is 7.90. The molecule has 3 rings (SSSR count). The molecule has 1 N–H and O–H groups in total. The normalized spacial score (nSPS) is 11.3. The van der Waals surface area contributed by atoms with E-state index in [0.29, 0.717) is 13.0 Å². The fourth-order valence-electron chi connectivity index (χ4n) is 2.35. The molecule has 0 saturated heterocycles. The number of aromatic nitrogens is 3. The summed E-state index contributed by atoms with van der Waals surface area (Å²) < 4.78 is 25.9. The number of rotatable bonds is 6. The highest BCUT2D eigenvalue weighted by Crippen LogP contribution is 2.15. The molecule has 0 radical (unpaired) electrons.